The van der Waals surface area contributed by atoms with E-state index in [0.29, 0.717) is 5.69 Å². The minimum absolute atomic E-state index is 0.0689. The van der Waals surface area contributed by atoms with Crippen molar-refractivity contribution in [1.82, 2.24) is 10.3 Å². The Labute approximate surface area is 111 Å². The summed E-state index contributed by atoms with van der Waals surface area (Å²) in [5.74, 6) is 0. The van der Waals surface area contributed by atoms with Crippen molar-refractivity contribution >= 4 is 6.09 Å². The molecule has 100 valence electrons. The van der Waals surface area contributed by atoms with Crippen LogP contribution in [0.1, 0.15) is 20.8 Å². The van der Waals surface area contributed by atoms with Crippen molar-refractivity contribution in [3.8, 4) is 17.3 Å². The van der Waals surface area contributed by atoms with Gasteiger partial charge in [0.05, 0.1) is 0 Å². The fourth-order valence-corrected chi connectivity index (χ4v) is 1.46. The quantitative estimate of drug-likeness (QED) is 0.900. The number of rotatable bonds is 2. The molecule has 1 N–H and O–H groups in total. The van der Waals surface area contributed by atoms with Gasteiger partial charge in [0.15, 0.2) is 0 Å². The maximum absolute atomic E-state index is 11.5. The molecule has 5 nitrogen and oxygen atoms in total. The molecule has 5 heteroatoms. The van der Waals surface area contributed by atoms with E-state index in [0.717, 1.165) is 5.56 Å². The Morgan fingerprint density at radius 2 is 1.95 bits per heavy atom. The van der Waals surface area contributed by atoms with Crippen LogP contribution in [-0.4, -0.2) is 16.6 Å². The van der Waals surface area contributed by atoms with Crippen LogP contribution in [0.4, 0.5) is 4.79 Å². The van der Waals surface area contributed by atoms with Gasteiger partial charge in [-0.2, -0.15) is 4.98 Å². The van der Waals surface area contributed by atoms with Gasteiger partial charge < -0.3 is 14.5 Å². The van der Waals surface area contributed by atoms with E-state index >= 15 is 0 Å². The number of hydrogen-bond donors (Lipinski definition) is 1. The molecule has 0 bridgehead atoms. The molecule has 2 aromatic rings. The standard InChI is InChI=1S/C14H16N2O3/c1-14(2,3)16-12(17)19-13-15-11(9-18-13)10-7-5-4-6-8-10/h4-9H,1-3H3,(H,16,17). The topological polar surface area (TPSA) is 64.4 Å². The number of benzene rings is 1. The molecule has 1 amide bonds. The molecule has 0 radical (unpaired) electrons. The van der Waals surface area contributed by atoms with Gasteiger partial charge in [-0.05, 0) is 20.8 Å². The van der Waals surface area contributed by atoms with Crippen molar-refractivity contribution in [2.24, 2.45) is 0 Å². The van der Waals surface area contributed by atoms with Crippen LogP contribution < -0.4 is 10.1 Å². The summed E-state index contributed by atoms with van der Waals surface area (Å²) in [5, 5.41) is 2.66. The van der Waals surface area contributed by atoms with Gasteiger partial charge in [-0.3, -0.25) is 0 Å². The SMILES string of the molecule is CC(C)(C)NC(=O)Oc1nc(-c2ccccc2)co1. The lowest BCUT2D eigenvalue weighted by atomic mass is 10.1. The zero-order valence-electron chi connectivity index (χ0n) is 11.1. The smallest absolute Gasteiger partial charge is 0.416 e. The summed E-state index contributed by atoms with van der Waals surface area (Å²) in [6.07, 6.45) is 0.796. The monoisotopic (exact) mass is 260 g/mol. The minimum atomic E-state index is -0.589. The Kier molecular flexibility index (Phi) is 3.55. The Bertz CT molecular complexity index is 556. The average Bonchev–Trinajstić information content (AvgIpc) is 2.76. The lowest BCUT2D eigenvalue weighted by molar-refractivity contribution is 0.175. The zero-order chi connectivity index (χ0) is 13.9. The lowest BCUT2D eigenvalue weighted by Crippen LogP contribution is -2.42. The van der Waals surface area contributed by atoms with Crippen molar-refractivity contribution in [3.05, 3.63) is 36.6 Å². The molecule has 2 rings (SSSR count). The van der Waals surface area contributed by atoms with Gasteiger partial charge in [0, 0.05) is 11.1 Å². The average molecular weight is 260 g/mol. The number of carbonyl (C=O) groups excluding carboxylic acids is 1. The highest BCUT2D eigenvalue weighted by atomic mass is 16.6. The molecule has 1 aromatic carbocycles. The zero-order valence-corrected chi connectivity index (χ0v) is 11.1. The van der Waals surface area contributed by atoms with E-state index in [2.05, 4.69) is 10.3 Å². The third-order valence-electron chi connectivity index (χ3n) is 2.21. The van der Waals surface area contributed by atoms with Gasteiger partial charge in [0.2, 0.25) is 0 Å². The summed E-state index contributed by atoms with van der Waals surface area (Å²) in [7, 11) is 0. The van der Waals surface area contributed by atoms with Gasteiger partial charge in [-0.1, -0.05) is 30.3 Å². The largest absolute Gasteiger partial charge is 0.417 e. The van der Waals surface area contributed by atoms with Crippen LogP contribution in [0.15, 0.2) is 41.0 Å². The van der Waals surface area contributed by atoms with Crippen molar-refractivity contribution in [3.63, 3.8) is 0 Å². The van der Waals surface area contributed by atoms with Crippen LogP contribution in [-0.2, 0) is 0 Å². The summed E-state index contributed by atoms with van der Waals surface area (Å²) in [4.78, 5) is 15.6. The molecule has 0 aliphatic heterocycles. The molecular formula is C14H16N2O3. The lowest BCUT2D eigenvalue weighted by Gasteiger charge is -2.18. The molecule has 0 aliphatic rings. The summed E-state index contributed by atoms with van der Waals surface area (Å²) in [6.45, 7) is 5.58. The molecule has 1 heterocycles. The van der Waals surface area contributed by atoms with E-state index < -0.39 is 6.09 Å². The highest BCUT2D eigenvalue weighted by Gasteiger charge is 2.17. The number of ether oxygens (including phenoxy) is 1. The van der Waals surface area contributed by atoms with Crippen LogP contribution >= 0.6 is 0 Å². The van der Waals surface area contributed by atoms with Gasteiger partial charge in [-0.15, -0.1) is 0 Å². The van der Waals surface area contributed by atoms with Gasteiger partial charge in [0.1, 0.15) is 12.0 Å². The molecule has 0 saturated carbocycles. The number of oxazole rings is 1. The number of nitrogens with zero attached hydrogens (tertiary/aromatic N) is 1. The summed E-state index contributed by atoms with van der Waals surface area (Å²) >= 11 is 0. The Balaban J connectivity index is 2.04. The van der Waals surface area contributed by atoms with Crippen molar-refractivity contribution in [2.75, 3.05) is 0 Å². The third-order valence-corrected chi connectivity index (χ3v) is 2.21. The molecule has 0 fully saturated rings. The Morgan fingerprint density at radius 1 is 1.26 bits per heavy atom. The maximum atomic E-state index is 11.5. The first-order valence-corrected chi connectivity index (χ1v) is 5.95. The van der Waals surface area contributed by atoms with E-state index in [1.807, 2.05) is 51.1 Å². The molecule has 1 aromatic heterocycles. The van der Waals surface area contributed by atoms with Crippen LogP contribution in [0.5, 0.6) is 6.08 Å². The van der Waals surface area contributed by atoms with Gasteiger partial charge in [0.25, 0.3) is 0 Å². The molecule has 0 saturated heterocycles. The number of carbonyl (C=O) groups is 1. The fourth-order valence-electron chi connectivity index (χ4n) is 1.46. The maximum Gasteiger partial charge on any atom is 0.416 e. The molecule has 19 heavy (non-hydrogen) atoms. The van der Waals surface area contributed by atoms with E-state index in [1.165, 1.54) is 6.26 Å². The van der Waals surface area contributed by atoms with Crippen LogP contribution in [0.3, 0.4) is 0 Å². The first-order valence-electron chi connectivity index (χ1n) is 5.95. The molecule has 0 spiro atoms. The van der Waals surface area contributed by atoms with Crippen LogP contribution in [0.25, 0.3) is 11.3 Å². The van der Waals surface area contributed by atoms with Crippen molar-refractivity contribution < 1.29 is 13.9 Å². The predicted octanol–water partition coefficient (Wildman–Crippen LogP) is 3.23. The molecule has 0 unspecified atom stereocenters. The second kappa shape index (κ2) is 5.14. The van der Waals surface area contributed by atoms with Crippen LogP contribution in [0.2, 0.25) is 0 Å². The van der Waals surface area contributed by atoms with E-state index in [4.69, 9.17) is 9.15 Å². The normalized spacial score (nSPS) is 11.1. The number of amides is 1. The first-order chi connectivity index (χ1) is 8.94. The third kappa shape index (κ3) is 3.84. The van der Waals surface area contributed by atoms with Gasteiger partial charge >= 0.3 is 12.2 Å². The fraction of sp³-hybridized carbons (Fsp3) is 0.286. The highest BCUT2D eigenvalue weighted by molar-refractivity contribution is 5.70. The first kappa shape index (κ1) is 13.1. The molecule has 0 aliphatic carbocycles. The van der Waals surface area contributed by atoms with Gasteiger partial charge in [-0.25, -0.2) is 4.79 Å². The summed E-state index contributed by atoms with van der Waals surface area (Å²) in [6, 6.07) is 9.51. The Morgan fingerprint density at radius 3 is 2.58 bits per heavy atom. The van der Waals surface area contributed by atoms with E-state index in [1.54, 1.807) is 0 Å². The number of nitrogens with one attached hydrogen (secondary N) is 1. The number of hydrogen-bond acceptors (Lipinski definition) is 4. The second-order valence-corrected chi connectivity index (χ2v) is 5.13. The summed E-state index contributed by atoms with van der Waals surface area (Å²) in [5.41, 5.74) is 1.16. The van der Waals surface area contributed by atoms with E-state index in [9.17, 15) is 4.79 Å². The predicted molar refractivity (Wildman–Crippen MR) is 70.9 cm³/mol. The molecular weight excluding hydrogens is 244 g/mol. The van der Waals surface area contributed by atoms with E-state index in [-0.39, 0.29) is 11.6 Å². The van der Waals surface area contributed by atoms with Crippen molar-refractivity contribution in [2.45, 2.75) is 26.3 Å². The summed E-state index contributed by atoms with van der Waals surface area (Å²) < 4.78 is 10.1. The number of aromatic nitrogens is 1. The van der Waals surface area contributed by atoms with Crippen molar-refractivity contribution in [1.29, 1.82) is 0 Å². The highest BCUT2D eigenvalue weighted by Crippen LogP contribution is 2.21. The van der Waals surface area contributed by atoms with Crippen LogP contribution in [0, 0.1) is 0 Å². The molecule has 0 atom stereocenters. The Hall–Kier alpha value is -2.30. The minimum Gasteiger partial charge on any atom is -0.417 e. The second-order valence-electron chi connectivity index (χ2n) is 5.13.